The van der Waals surface area contributed by atoms with E-state index in [1.54, 1.807) is 0 Å². The Hall–Kier alpha value is -3.08. The van der Waals surface area contributed by atoms with Gasteiger partial charge in [0.1, 0.15) is 17.8 Å². The molecule has 0 aromatic carbocycles. The van der Waals surface area contributed by atoms with Crippen LogP contribution in [0.4, 0.5) is 17.3 Å². The van der Waals surface area contributed by atoms with Gasteiger partial charge in [0.15, 0.2) is 11.6 Å². The third-order valence-electron chi connectivity index (χ3n) is 3.76. The summed E-state index contributed by atoms with van der Waals surface area (Å²) in [6.45, 7) is 18.3. The lowest BCUT2D eigenvalue weighted by molar-refractivity contribution is 0.954. The number of nitrogens with two attached hydrogens (primary N) is 1. The highest BCUT2D eigenvalue weighted by Gasteiger charge is 2.36. The Labute approximate surface area is 149 Å². The molecule has 0 bridgehead atoms. The number of nitrogen functional groups attached to an aromatic ring is 1. The molecule has 0 unspecified atom stereocenters. The monoisotopic (exact) mass is 335 g/mol. The minimum Gasteiger partial charge on any atom is -0.382 e. The average molecular weight is 335 g/mol. The van der Waals surface area contributed by atoms with Gasteiger partial charge in [0.05, 0.1) is 0 Å². The molecule has 1 aliphatic rings. The first kappa shape index (κ1) is 18.3. The number of allylic oxidation sites excluding steroid dienone is 7. The topological polar surface area (TPSA) is 58.3 Å². The number of rotatable bonds is 6. The summed E-state index contributed by atoms with van der Waals surface area (Å²) in [5, 5.41) is 0. The maximum Gasteiger partial charge on any atom is 0.168 e. The third kappa shape index (κ3) is 3.55. The molecule has 0 atom stereocenters. The lowest BCUT2D eigenvalue weighted by Gasteiger charge is -2.25. The molecule has 0 fully saturated rings. The van der Waals surface area contributed by atoms with Crippen molar-refractivity contribution in [3.8, 4) is 0 Å². The third-order valence-corrected chi connectivity index (χ3v) is 3.76. The fraction of sp³-hybridized carbons (Fsp3) is 0.200. The summed E-state index contributed by atoms with van der Waals surface area (Å²) in [5.74, 6) is 1.82. The predicted octanol–water partition coefficient (Wildman–Crippen LogP) is 4.67. The van der Waals surface area contributed by atoms with Crippen molar-refractivity contribution in [1.29, 1.82) is 0 Å². The molecule has 5 heteroatoms. The van der Waals surface area contributed by atoms with Gasteiger partial charge in [-0.1, -0.05) is 50.5 Å². The molecule has 0 saturated heterocycles. The van der Waals surface area contributed by atoms with Crippen LogP contribution in [0.5, 0.6) is 0 Å². The second-order valence-corrected chi connectivity index (χ2v) is 5.73. The summed E-state index contributed by atoms with van der Waals surface area (Å²) in [7, 11) is 0. The summed E-state index contributed by atoms with van der Waals surface area (Å²) >= 11 is 0. The van der Waals surface area contributed by atoms with E-state index >= 15 is 0 Å². The van der Waals surface area contributed by atoms with Crippen molar-refractivity contribution in [2.45, 2.75) is 27.2 Å². The molecule has 2 N–H and O–H groups in total. The summed E-state index contributed by atoms with van der Waals surface area (Å²) in [5.41, 5.74) is 9.56. The van der Waals surface area contributed by atoms with Gasteiger partial charge in [-0.2, -0.15) is 0 Å². The van der Waals surface area contributed by atoms with E-state index in [-0.39, 0.29) is 0 Å². The Kier molecular flexibility index (Phi) is 5.60. The van der Waals surface area contributed by atoms with Gasteiger partial charge in [0, 0.05) is 11.4 Å². The van der Waals surface area contributed by atoms with Crippen molar-refractivity contribution in [2.24, 2.45) is 0 Å². The van der Waals surface area contributed by atoms with E-state index in [0.717, 1.165) is 29.2 Å². The molecular weight excluding hydrogens is 310 g/mol. The minimum absolute atomic E-state index is 0.389. The summed E-state index contributed by atoms with van der Waals surface area (Å²) < 4.78 is 0. The normalized spacial score (nSPS) is 14.7. The van der Waals surface area contributed by atoms with Crippen LogP contribution in [0.2, 0.25) is 0 Å². The second-order valence-electron chi connectivity index (χ2n) is 5.73. The van der Waals surface area contributed by atoms with Crippen LogP contribution < -0.4 is 15.5 Å². The molecule has 0 amide bonds. The molecule has 1 aliphatic heterocycles. The van der Waals surface area contributed by atoms with Crippen LogP contribution in [-0.4, -0.2) is 9.97 Å². The Morgan fingerprint density at radius 1 is 1.24 bits per heavy atom. The highest BCUT2D eigenvalue weighted by molar-refractivity contribution is 5.90. The number of hydrogen-bond donors (Lipinski definition) is 1. The lowest BCUT2D eigenvalue weighted by atomic mass is 10.2. The van der Waals surface area contributed by atoms with Crippen molar-refractivity contribution in [1.82, 2.24) is 9.97 Å². The van der Waals surface area contributed by atoms with Crippen molar-refractivity contribution < 1.29 is 0 Å². The van der Waals surface area contributed by atoms with Crippen LogP contribution in [0.3, 0.4) is 0 Å². The largest absolute Gasteiger partial charge is 0.382 e. The summed E-state index contributed by atoms with van der Waals surface area (Å²) in [6, 6.07) is 0. The molecule has 5 nitrogen and oxygen atoms in total. The van der Waals surface area contributed by atoms with Gasteiger partial charge in [-0.05, 0) is 32.4 Å². The highest BCUT2D eigenvalue weighted by Crippen LogP contribution is 2.46. The van der Waals surface area contributed by atoms with Crippen LogP contribution in [0, 0.1) is 0 Å². The van der Waals surface area contributed by atoms with Gasteiger partial charge < -0.3 is 5.73 Å². The van der Waals surface area contributed by atoms with Crippen molar-refractivity contribution in [3.05, 3.63) is 79.2 Å². The standard InChI is InChI=1S/C20H25N5/c1-7-9-10-17(8-2)25-16(6)24(15(5)12-11-14(3)4)18-19(21)22-13-23-20(18)25/h7,9-13H,3,5-6,8H2,1-2,4H3,(H2,21,22,23). The van der Waals surface area contributed by atoms with E-state index < -0.39 is 0 Å². The Morgan fingerprint density at radius 3 is 2.56 bits per heavy atom. The minimum atomic E-state index is 0.389. The van der Waals surface area contributed by atoms with Crippen LogP contribution in [0.25, 0.3) is 0 Å². The predicted molar refractivity (Wildman–Crippen MR) is 107 cm³/mol. The average Bonchev–Trinajstić information content (AvgIpc) is 2.87. The van der Waals surface area contributed by atoms with Gasteiger partial charge in [0.25, 0.3) is 0 Å². The molecule has 0 spiro atoms. The zero-order valence-corrected chi connectivity index (χ0v) is 15.2. The molecule has 1 aromatic heterocycles. The summed E-state index contributed by atoms with van der Waals surface area (Å²) in [6.07, 6.45) is 12.1. The Balaban J connectivity index is 2.58. The van der Waals surface area contributed by atoms with Gasteiger partial charge in [-0.3, -0.25) is 9.80 Å². The number of aromatic nitrogens is 2. The van der Waals surface area contributed by atoms with Gasteiger partial charge in [-0.25, -0.2) is 9.97 Å². The molecule has 2 rings (SSSR count). The quantitative estimate of drug-likeness (QED) is 0.765. The molecule has 0 radical (unpaired) electrons. The van der Waals surface area contributed by atoms with Crippen molar-refractivity contribution in [2.75, 3.05) is 15.5 Å². The van der Waals surface area contributed by atoms with E-state index in [9.17, 15) is 0 Å². The van der Waals surface area contributed by atoms with E-state index in [1.165, 1.54) is 6.33 Å². The smallest absolute Gasteiger partial charge is 0.168 e. The van der Waals surface area contributed by atoms with E-state index in [1.807, 2.05) is 54.0 Å². The van der Waals surface area contributed by atoms with E-state index in [0.29, 0.717) is 17.3 Å². The fourth-order valence-corrected chi connectivity index (χ4v) is 2.59. The zero-order chi connectivity index (χ0) is 18.6. The molecular formula is C20H25N5. The van der Waals surface area contributed by atoms with Gasteiger partial charge >= 0.3 is 0 Å². The second kappa shape index (κ2) is 7.66. The first-order valence-electron chi connectivity index (χ1n) is 8.16. The maximum absolute atomic E-state index is 6.15. The molecule has 1 aromatic rings. The van der Waals surface area contributed by atoms with Crippen molar-refractivity contribution >= 4 is 17.3 Å². The number of fused-ring (bicyclic) bond motifs is 1. The van der Waals surface area contributed by atoms with Crippen LogP contribution in [0.1, 0.15) is 27.2 Å². The maximum atomic E-state index is 6.15. The van der Waals surface area contributed by atoms with Crippen molar-refractivity contribution in [3.63, 3.8) is 0 Å². The first-order valence-corrected chi connectivity index (χ1v) is 8.16. The molecule has 130 valence electrons. The van der Waals surface area contributed by atoms with Crippen LogP contribution >= 0.6 is 0 Å². The van der Waals surface area contributed by atoms with Crippen LogP contribution in [0.15, 0.2) is 79.2 Å². The summed E-state index contributed by atoms with van der Waals surface area (Å²) in [4.78, 5) is 12.4. The number of hydrogen-bond acceptors (Lipinski definition) is 5. The van der Waals surface area contributed by atoms with Crippen LogP contribution in [-0.2, 0) is 0 Å². The van der Waals surface area contributed by atoms with E-state index in [4.69, 9.17) is 5.73 Å². The van der Waals surface area contributed by atoms with E-state index in [2.05, 4.69) is 36.6 Å². The Morgan fingerprint density at radius 2 is 1.96 bits per heavy atom. The first-order chi connectivity index (χ1) is 11.9. The highest BCUT2D eigenvalue weighted by atomic mass is 15.4. The molecule has 0 saturated carbocycles. The number of anilines is 3. The lowest BCUT2D eigenvalue weighted by Crippen LogP contribution is -2.26. The van der Waals surface area contributed by atoms with Gasteiger partial charge in [0.2, 0.25) is 0 Å². The fourth-order valence-electron chi connectivity index (χ4n) is 2.59. The Bertz CT molecular complexity index is 798. The van der Waals surface area contributed by atoms with Gasteiger partial charge in [-0.15, -0.1) is 0 Å². The molecule has 2 heterocycles. The SMILES string of the molecule is C=C(C)C=CC(=C)N1C(=C)N(C(=CC=CC)CC)c2ncnc(N)c21. The number of nitrogens with zero attached hydrogens (tertiary/aromatic N) is 4. The molecule has 0 aliphatic carbocycles. The zero-order valence-electron chi connectivity index (χ0n) is 15.2. The molecule has 25 heavy (non-hydrogen) atoms.